The van der Waals surface area contributed by atoms with Crippen molar-refractivity contribution >= 4 is 21.9 Å². The molecule has 1 aliphatic rings. The second kappa shape index (κ2) is 10.9. The van der Waals surface area contributed by atoms with Crippen molar-refractivity contribution in [3.8, 4) is 0 Å². The number of hydrogen-bond acceptors (Lipinski definition) is 5. The number of carbonyl (C=O) groups is 2. The summed E-state index contributed by atoms with van der Waals surface area (Å²) in [6, 6.07) is 14.9. The Bertz CT molecular complexity index is 1120. The fourth-order valence-electron chi connectivity index (χ4n) is 4.28. The Morgan fingerprint density at radius 1 is 0.971 bits per heavy atom. The predicted molar refractivity (Wildman–Crippen MR) is 135 cm³/mol. The molecule has 0 spiro atoms. The van der Waals surface area contributed by atoms with Crippen LogP contribution in [0.25, 0.3) is 0 Å². The normalized spacial score (nSPS) is 16.8. The molecular formula is C27H36N2O5S. The number of nitrogens with one attached hydrogen (secondary N) is 2. The van der Waals surface area contributed by atoms with Crippen molar-refractivity contribution in [2.45, 2.75) is 88.3 Å². The van der Waals surface area contributed by atoms with Crippen molar-refractivity contribution in [3.05, 3.63) is 65.7 Å². The summed E-state index contributed by atoms with van der Waals surface area (Å²) < 4.78 is 34.8. The Balaban J connectivity index is 1.88. The summed E-state index contributed by atoms with van der Waals surface area (Å²) in [6.45, 7) is 7.18. The third kappa shape index (κ3) is 7.39. The van der Waals surface area contributed by atoms with Crippen molar-refractivity contribution < 1.29 is 22.7 Å². The Morgan fingerprint density at radius 2 is 1.57 bits per heavy atom. The smallest absolute Gasteiger partial charge is 0.329 e. The first-order valence-corrected chi connectivity index (χ1v) is 13.6. The minimum atomic E-state index is -3.95. The lowest BCUT2D eigenvalue weighted by Gasteiger charge is -2.37. The van der Waals surface area contributed by atoms with E-state index in [2.05, 4.69) is 10.0 Å². The number of ether oxygens (including phenoxy) is 1. The lowest BCUT2D eigenvalue weighted by molar-refractivity contribution is -0.159. The van der Waals surface area contributed by atoms with E-state index in [-0.39, 0.29) is 11.3 Å². The zero-order valence-corrected chi connectivity index (χ0v) is 21.8. The number of rotatable bonds is 8. The molecule has 0 aliphatic heterocycles. The molecule has 7 nitrogen and oxygen atoms in total. The van der Waals surface area contributed by atoms with Crippen LogP contribution in [-0.4, -0.2) is 37.5 Å². The molecular weight excluding hydrogens is 464 g/mol. The molecule has 1 saturated carbocycles. The third-order valence-electron chi connectivity index (χ3n) is 6.08. The van der Waals surface area contributed by atoms with Gasteiger partial charge in [0, 0.05) is 6.42 Å². The van der Waals surface area contributed by atoms with Crippen molar-refractivity contribution in [1.29, 1.82) is 0 Å². The topological polar surface area (TPSA) is 102 Å². The molecule has 3 rings (SSSR count). The van der Waals surface area contributed by atoms with Gasteiger partial charge in [-0.15, -0.1) is 0 Å². The molecule has 1 atom stereocenters. The summed E-state index contributed by atoms with van der Waals surface area (Å²) in [5.74, 6) is -1.05. The molecule has 1 fully saturated rings. The highest BCUT2D eigenvalue weighted by Crippen LogP contribution is 2.31. The second-order valence-electron chi connectivity index (χ2n) is 10.3. The second-order valence-corrected chi connectivity index (χ2v) is 12.0. The number of carbonyl (C=O) groups excluding carboxylic acids is 2. The Kier molecular flexibility index (Phi) is 8.38. The van der Waals surface area contributed by atoms with Gasteiger partial charge in [0.05, 0.1) is 4.90 Å². The van der Waals surface area contributed by atoms with Crippen molar-refractivity contribution in [3.63, 3.8) is 0 Å². The molecule has 2 aromatic carbocycles. The van der Waals surface area contributed by atoms with E-state index in [9.17, 15) is 18.0 Å². The van der Waals surface area contributed by atoms with Gasteiger partial charge in [-0.1, -0.05) is 67.3 Å². The largest absolute Gasteiger partial charge is 0.458 e. The summed E-state index contributed by atoms with van der Waals surface area (Å²) in [5.41, 5.74) is -0.262. The van der Waals surface area contributed by atoms with Gasteiger partial charge in [-0.25, -0.2) is 13.2 Å². The number of hydrogen-bond donors (Lipinski definition) is 2. The highest BCUT2D eigenvalue weighted by Gasteiger charge is 2.44. The van der Waals surface area contributed by atoms with Crippen LogP contribution in [0.4, 0.5) is 0 Å². The number of sulfonamides is 1. The van der Waals surface area contributed by atoms with Gasteiger partial charge in [0.25, 0.3) is 0 Å². The van der Waals surface area contributed by atoms with Crippen LogP contribution in [0.3, 0.4) is 0 Å². The van der Waals surface area contributed by atoms with Gasteiger partial charge in [-0.05, 0) is 58.2 Å². The molecule has 35 heavy (non-hydrogen) atoms. The zero-order chi connectivity index (χ0) is 25.7. The maximum Gasteiger partial charge on any atom is 0.329 e. The summed E-state index contributed by atoms with van der Waals surface area (Å²) in [7, 11) is -3.95. The summed E-state index contributed by atoms with van der Waals surface area (Å²) >= 11 is 0. The van der Waals surface area contributed by atoms with Crippen LogP contribution < -0.4 is 10.0 Å². The molecule has 2 aromatic rings. The number of benzene rings is 2. The summed E-state index contributed by atoms with van der Waals surface area (Å²) in [4.78, 5) is 26.9. The molecule has 1 amide bonds. The van der Waals surface area contributed by atoms with Crippen molar-refractivity contribution in [2.75, 3.05) is 0 Å². The van der Waals surface area contributed by atoms with Crippen LogP contribution in [0.5, 0.6) is 0 Å². The maximum atomic E-state index is 13.7. The van der Waals surface area contributed by atoms with E-state index in [0.29, 0.717) is 25.7 Å². The van der Waals surface area contributed by atoms with E-state index in [1.807, 2.05) is 37.3 Å². The average molecular weight is 501 g/mol. The average Bonchev–Trinajstić information content (AvgIpc) is 2.78. The van der Waals surface area contributed by atoms with E-state index in [1.165, 1.54) is 12.1 Å². The molecule has 0 radical (unpaired) electrons. The van der Waals surface area contributed by atoms with Crippen LogP contribution in [0, 0.1) is 6.92 Å². The molecule has 1 aliphatic carbocycles. The number of amides is 1. The molecule has 0 bridgehead atoms. The third-order valence-corrected chi connectivity index (χ3v) is 7.63. The van der Waals surface area contributed by atoms with Crippen LogP contribution in [0.15, 0.2) is 59.5 Å². The van der Waals surface area contributed by atoms with Crippen LogP contribution >= 0.6 is 0 Å². The van der Waals surface area contributed by atoms with Gasteiger partial charge >= 0.3 is 5.97 Å². The van der Waals surface area contributed by atoms with Crippen molar-refractivity contribution in [1.82, 2.24) is 10.0 Å². The number of aryl methyl sites for hydroxylation is 1. The lowest BCUT2D eigenvalue weighted by Crippen LogP contribution is -2.62. The van der Waals surface area contributed by atoms with E-state index in [0.717, 1.165) is 17.5 Å². The van der Waals surface area contributed by atoms with Gasteiger partial charge < -0.3 is 10.1 Å². The van der Waals surface area contributed by atoms with Crippen LogP contribution in [0.1, 0.15) is 64.0 Å². The SMILES string of the molecule is Cc1ccc(S(=O)(=O)NC2(C(=O)N[C@@H](Cc3ccccc3)C(=O)OC(C)(C)C)CCCCC2)cc1. The van der Waals surface area contributed by atoms with E-state index >= 15 is 0 Å². The summed E-state index contributed by atoms with van der Waals surface area (Å²) in [6.07, 6.45) is 3.29. The van der Waals surface area contributed by atoms with E-state index in [4.69, 9.17) is 4.74 Å². The van der Waals surface area contributed by atoms with Crippen molar-refractivity contribution in [2.24, 2.45) is 0 Å². The minimum Gasteiger partial charge on any atom is -0.458 e. The Labute approximate surface area is 208 Å². The highest BCUT2D eigenvalue weighted by atomic mass is 32.2. The monoisotopic (exact) mass is 500 g/mol. The molecule has 8 heteroatoms. The van der Waals surface area contributed by atoms with E-state index in [1.54, 1.807) is 32.9 Å². The molecule has 0 aromatic heterocycles. The van der Waals surface area contributed by atoms with Crippen LogP contribution in [-0.2, 0) is 30.8 Å². The Morgan fingerprint density at radius 3 is 2.14 bits per heavy atom. The lowest BCUT2D eigenvalue weighted by atomic mass is 9.81. The number of esters is 1. The first kappa shape index (κ1) is 26.9. The maximum absolute atomic E-state index is 13.7. The molecule has 0 heterocycles. The predicted octanol–water partition coefficient (Wildman–Crippen LogP) is 4.05. The molecule has 2 N–H and O–H groups in total. The van der Waals surface area contributed by atoms with Gasteiger partial charge in [0.1, 0.15) is 17.2 Å². The van der Waals surface area contributed by atoms with Gasteiger partial charge in [0.2, 0.25) is 15.9 Å². The van der Waals surface area contributed by atoms with Gasteiger partial charge in [-0.3, -0.25) is 4.79 Å². The van der Waals surface area contributed by atoms with E-state index < -0.39 is 39.1 Å². The van der Waals surface area contributed by atoms with Gasteiger partial charge in [0.15, 0.2) is 0 Å². The first-order valence-electron chi connectivity index (χ1n) is 12.1. The quantitative estimate of drug-likeness (QED) is 0.533. The molecule has 0 unspecified atom stereocenters. The first-order chi connectivity index (χ1) is 16.4. The minimum absolute atomic E-state index is 0.105. The molecule has 0 saturated heterocycles. The zero-order valence-electron chi connectivity index (χ0n) is 21.0. The van der Waals surface area contributed by atoms with Crippen LogP contribution in [0.2, 0.25) is 0 Å². The highest BCUT2D eigenvalue weighted by molar-refractivity contribution is 7.89. The summed E-state index contributed by atoms with van der Waals surface area (Å²) in [5, 5.41) is 2.84. The van der Waals surface area contributed by atoms with Gasteiger partial charge in [-0.2, -0.15) is 4.72 Å². The fourth-order valence-corrected chi connectivity index (χ4v) is 5.70. The fraction of sp³-hybridized carbons (Fsp3) is 0.481. The molecule has 190 valence electrons. The Hall–Kier alpha value is -2.71. The standard InChI is InChI=1S/C27H36N2O5S/c1-20-13-15-22(16-14-20)35(32,33)29-27(17-9-6-10-18-27)25(31)28-23(24(30)34-26(2,3)4)19-21-11-7-5-8-12-21/h5,7-8,11-16,23,29H,6,9-10,17-19H2,1-4H3,(H,28,31)/t23-/m0/s1.